The van der Waals surface area contributed by atoms with Crippen molar-refractivity contribution in [3.63, 3.8) is 0 Å². The maximum Gasteiger partial charge on any atom is 0.274 e. The highest BCUT2D eigenvalue weighted by molar-refractivity contribution is 9.10. The zero-order valence-electron chi connectivity index (χ0n) is 5.08. The molecule has 3 nitrogen and oxygen atoms in total. The molecule has 10 heavy (non-hydrogen) atoms. The number of hydrogen-bond donors (Lipinski definition) is 1. The minimum Gasteiger partial charge on any atom is -0.468 e. The Balaban J connectivity index is 2.42. The van der Waals surface area contributed by atoms with Gasteiger partial charge in [0.2, 0.25) is 0 Å². The van der Waals surface area contributed by atoms with E-state index in [2.05, 4.69) is 20.9 Å². The Morgan fingerprint density at radius 2 is 2.60 bits per heavy atom. The molecule has 0 saturated heterocycles. The largest absolute Gasteiger partial charge is 0.468 e. The summed E-state index contributed by atoms with van der Waals surface area (Å²) in [7, 11) is 0. The molecule has 0 fully saturated rings. The van der Waals surface area contributed by atoms with Crippen LogP contribution in [0.1, 0.15) is 0 Å². The summed E-state index contributed by atoms with van der Waals surface area (Å²) in [6, 6.07) is 0. The average Bonchev–Trinajstić information content (AvgIpc) is 2.31. The summed E-state index contributed by atoms with van der Waals surface area (Å²) >= 11 is 4.58. The zero-order chi connectivity index (χ0) is 7.40. The number of rotatable bonds is 3. The van der Waals surface area contributed by atoms with E-state index in [-0.39, 0.29) is 6.61 Å². The van der Waals surface area contributed by atoms with Gasteiger partial charge in [-0.2, -0.15) is 4.98 Å². The molecule has 5 heteroatoms. The fraction of sp³-hybridized carbons (Fsp3) is 0.400. The third kappa shape index (κ3) is 2.24. The van der Waals surface area contributed by atoms with Crippen molar-refractivity contribution in [2.75, 3.05) is 13.2 Å². The Hall–Kier alpha value is -0.130. The number of halogens is 1. The first-order valence-corrected chi connectivity index (χ1v) is 4.35. The van der Waals surface area contributed by atoms with Crippen LogP contribution in [0.3, 0.4) is 0 Å². The van der Waals surface area contributed by atoms with E-state index in [1.165, 1.54) is 11.3 Å². The first-order valence-electron chi connectivity index (χ1n) is 2.67. The van der Waals surface area contributed by atoms with Gasteiger partial charge in [-0.25, -0.2) is 0 Å². The summed E-state index contributed by atoms with van der Waals surface area (Å²) in [5.74, 6) is 0. The van der Waals surface area contributed by atoms with Crippen LogP contribution >= 0.6 is 27.3 Å². The summed E-state index contributed by atoms with van der Waals surface area (Å²) < 4.78 is 5.77. The number of aromatic nitrogens is 1. The van der Waals surface area contributed by atoms with Gasteiger partial charge in [-0.1, -0.05) is 11.3 Å². The Morgan fingerprint density at radius 1 is 1.80 bits per heavy atom. The van der Waals surface area contributed by atoms with Crippen molar-refractivity contribution in [3.8, 4) is 5.19 Å². The second kappa shape index (κ2) is 3.90. The van der Waals surface area contributed by atoms with Crippen molar-refractivity contribution in [1.29, 1.82) is 0 Å². The Bertz CT molecular complexity index is 203. The van der Waals surface area contributed by atoms with Gasteiger partial charge in [0.05, 0.1) is 6.61 Å². The number of hydrogen-bond acceptors (Lipinski definition) is 4. The molecule has 0 radical (unpaired) electrons. The third-order valence-electron chi connectivity index (χ3n) is 0.772. The third-order valence-corrected chi connectivity index (χ3v) is 2.23. The molecule has 0 amide bonds. The normalized spacial score (nSPS) is 9.80. The van der Waals surface area contributed by atoms with Crippen molar-refractivity contribution >= 4 is 27.3 Å². The molecule has 1 rings (SSSR count). The van der Waals surface area contributed by atoms with Crippen LogP contribution in [0, 0.1) is 0 Å². The topological polar surface area (TPSA) is 42.4 Å². The van der Waals surface area contributed by atoms with Crippen LogP contribution in [0.5, 0.6) is 5.19 Å². The van der Waals surface area contributed by atoms with E-state index in [4.69, 9.17) is 9.84 Å². The molecule has 1 aromatic heterocycles. The van der Waals surface area contributed by atoms with Gasteiger partial charge in [-0.3, -0.25) is 0 Å². The van der Waals surface area contributed by atoms with Crippen LogP contribution in [0.2, 0.25) is 0 Å². The molecule has 0 bridgehead atoms. The van der Waals surface area contributed by atoms with Crippen LogP contribution in [-0.4, -0.2) is 23.3 Å². The number of nitrogens with zero attached hydrogens (tertiary/aromatic N) is 1. The molecule has 0 spiro atoms. The fourth-order valence-corrected chi connectivity index (χ4v) is 1.55. The minimum atomic E-state index is 0.0250. The summed E-state index contributed by atoms with van der Waals surface area (Å²) in [6.07, 6.45) is 0. The Labute approximate surface area is 70.8 Å². The standard InChI is InChI=1S/C5H6BrNO2S/c6-4-3-10-5(7-4)9-2-1-8/h3,8H,1-2H2. The predicted molar refractivity (Wildman–Crippen MR) is 42.4 cm³/mol. The lowest BCUT2D eigenvalue weighted by atomic mass is 10.8. The summed E-state index contributed by atoms with van der Waals surface area (Å²) in [4.78, 5) is 3.95. The maximum atomic E-state index is 8.37. The van der Waals surface area contributed by atoms with Gasteiger partial charge in [0, 0.05) is 5.38 Å². The molecule has 56 valence electrons. The molecular weight excluding hydrogens is 218 g/mol. The van der Waals surface area contributed by atoms with Crippen LogP contribution in [0.4, 0.5) is 0 Å². The van der Waals surface area contributed by atoms with Crippen molar-refractivity contribution in [2.45, 2.75) is 0 Å². The molecule has 0 atom stereocenters. The van der Waals surface area contributed by atoms with Crippen molar-refractivity contribution < 1.29 is 9.84 Å². The lowest BCUT2D eigenvalue weighted by Gasteiger charge is -1.95. The first kappa shape index (κ1) is 7.97. The van der Waals surface area contributed by atoms with Gasteiger partial charge in [0.15, 0.2) is 0 Å². The Morgan fingerprint density at radius 3 is 3.10 bits per heavy atom. The zero-order valence-corrected chi connectivity index (χ0v) is 7.48. The van der Waals surface area contributed by atoms with Crippen LogP contribution in [0.25, 0.3) is 0 Å². The van der Waals surface area contributed by atoms with Gasteiger partial charge in [0.1, 0.15) is 11.2 Å². The number of ether oxygens (including phenoxy) is 1. The molecule has 1 heterocycles. The summed E-state index contributed by atoms with van der Waals surface area (Å²) in [6.45, 7) is 0.331. The van der Waals surface area contributed by atoms with Crippen LogP contribution in [0.15, 0.2) is 9.98 Å². The number of aliphatic hydroxyl groups excluding tert-OH is 1. The number of aliphatic hydroxyl groups is 1. The molecule has 0 aliphatic carbocycles. The van der Waals surface area contributed by atoms with E-state index in [1.807, 2.05) is 5.38 Å². The second-order valence-corrected chi connectivity index (χ2v) is 3.14. The van der Waals surface area contributed by atoms with Gasteiger partial charge in [0.25, 0.3) is 5.19 Å². The SMILES string of the molecule is OCCOc1nc(Br)cs1. The van der Waals surface area contributed by atoms with E-state index < -0.39 is 0 Å². The van der Waals surface area contributed by atoms with Gasteiger partial charge >= 0.3 is 0 Å². The smallest absolute Gasteiger partial charge is 0.274 e. The monoisotopic (exact) mass is 223 g/mol. The van der Waals surface area contributed by atoms with Crippen LogP contribution < -0.4 is 4.74 Å². The van der Waals surface area contributed by atoms with Crippen molar-refractivity contribution in [2.24, 2.45) is 0 Å². The van der Waals surface area contributed by atoms with Crippen molar-refractivity contribution in [1.82, 2.24) is 4.98 Å². The van der Waals surface area contributed by atoms with E-state index in [9.17, 15) is 0 Å². The minimum absolute atomic E-state index is 0.0250. The second-order valence-electron chi connectivity index (χ2n) is 1.51. The van der Waals surface area contributed by atoms with Gasteiger partial charge in [-0.15, -0.1) is 0 Å². The molecule has 0 aliphatic heterocycles. The maximum absolute atomic E-state index is 8.37. The summed E-state index contributed by atoms with van der Waals surface area (Å²) in [5, 5.41) is 10.8. The summed E-state index contributed by atoms with van der Waals surface area (Å²) in [5.41, 5.74) is 0. The van der Waals surface area contributed by atoms with Crippen LogP contribution in [-0.2, 0) is 0 Å². The molecule has 0 aliphatic rings. The molecule has 1 N–H and O–H groups in total. The van der Waals surface area contributed by atoms with Gasteiger partial charge in [-0.05, 0) is 15.9 Å². The highest BCUT2D eigenvalue weighted by atomic mass is 79.9. The molecule has 1 aromatic rings. The lowest BCUT2D eigenvalue weighted by molar-refractivity contribution is 0.201. The first-order chi connectivity index (χ1) is 4.83. The lowest BCUT2D eigenvalue weighted by Crippen LogP contribution is -2.00. The average molecular weight is 224 g/mol. The van der Waals surface area contributed by atoms with E-state index in [1.54, 1.807) is 0 Å². The van der Waals surface area contributed by atoms with E-state index in [0.717, 1.165) is 4.60 Å². The fourth-order valence-electron chi connectivity index (χ4n) is 0.438. The molecular formula is C5H6BrNO2S. The molecule has 0 unspecified atom stereocenters. The Kier molecular flexibility index (Phi) is 3.11. The number of thiazole rings is 1. The predicted octanol–water partition coefficient (Wildman–Crippen LogP) is 1.28. The van der Waals surface area contributed by atoms with Gasteiger partial charge < -0.3 is 9.84 Å². The van der Waals surface area contributed by atoms with Crippen molar-refractivity contribution in [3.05, 3.63) is 9.98 Å². The molecule has 0 aromatic carbocycles. The quantitative estimate of drug-likeness (QED) is 0.840. The van der Waals surface area contributed by atoms with E-state index in [0.29, 0.717) is 11.8 Å². The highest BCUT2D eigenvalue weighted by Gasteiger charge is 1.97. The highest BCUT2D eigenvalue weighted by Crippen LogP contribution is 2.21. The van der Waals surface area contributed by atoms with E-state index >= 15 is 0 Å². The molecule has 0 saturated carbocycles.